The molecule has 0 saturated heterocycles. The Kier molecular flexibility index (Phi) is 6.21. The molecule has 1 aromatic rings. The van der Waals surface area contributed by atoms with E-state index in [1.807, 2.05) is 43.4 Å². The minimum Gasteiger partial charge on any atom is -0.493 e. The molecule has 0 aliphatic rings. The Bertz CT molecular complexity index is 464. The lowest BCUT2D eigenvalue weighted by atomic mass is 10.2. The van der Waals surface area contributed by atoms with E-state index in [0.29, 0.717) is 6.61 Å². The predicted octanol–water partition coefficient (Wildman–Crippen LogP) is 3.52. The summed E-state index contributed by atoms with van der Waals surface area (Å²) in [5, 5.41) is 0. The molecule has 0 heterocycles. The lowest BCUT2D eigenvalue weighted by Crippen LogP contribution is -1.98. The molecule has 94 valence electrons. The van der Waals surface area contributed by atoms with Crippen LogP contribution in [0.3, 0.4) is 0 Å². The van der Waals surface area contributed by atoms with Crippen LogP contribution in [-0.4, -0.2) is 13.7 Å². The molecule has 1 aromatic carbocycles. The van der Waals surface area contributed by atoms with Crippen molar-refractivity contribution in [2.75, 3.05) is 13.7 Å². The molecule has 1 rings (SSSR count). The molecule has 0 spiro atoms. The number of benzene rings is 1. The molecule has 18 heavy (non-hydrogen) atoms. The van der Waals surface area contributed by atoms with E-state index in [2.05, 4.69) is 5.92 Å². The van der Waals surface area contributed by atoms with Crippen molar-refractivity contribution < 1.29 is 9.47 Å². The van der Waals surface area contributed by atoms with E-state index in [9.17, 15) is 0 Å². The van der Waals surface area contributed by atoms with Crippen LogP contribution in [0.4, 0.5) is 0 Å². The number of hydrogen-bond donors (Lipinski definition) is 0. The summed E-state index contributed by atoms with van der Waals surface area (Å²) in [4.78, 5) is 0. The number of aryl methyl sites for hydroxylation is 1. The topological polar surface area (TPSA) is 18.5 Å². The second kappa shape index (κ2) is 8.03. The van der Waals surface area contributed by atoms with Gasteiger partial charge >= 0.3 is 0 Å². The molecule has 0 aromatic heterocycles. The van der Waals surface area contributed by atoms with Gasteiger partial charge in [0.25, 0.3) is 0 Å². The zero-order valence-electron chi connectivity index (χ0n) is 10.8. The van der Waals surface area contributed by atoms with Crippen LogP contribution in [0, 0.1) is 19.3 Å². The fraction of sp³-hybridized carbons (Fsp3) is 0.250. The van der Waals surface area contributed by atoms with Gasteiger partial charge in [0.05, 0.1) is 13.7 Å². The first kappa shape index (κ1) is 13.9. The Morgan fingerprint density at radius 1 is 1.28 bits per heavy atom. The van der Waals surface area contributed by atoms with Crippen molar-refractivity contribution in [1.29, 1.82) is 0 Å². The lowest BCUT2D eigenvalue weighted by molar-refractivity contribution is 0.299. The van der Waals surface area contributed by atoms with E-state index in [1.165, 1.54) is 0 Å². The molecule has 0 aliphatic heterocycles. The first-order valence-electron chi connectivity index (χ1n) is 5.83. The minimum absolute atomic E-state index is 0.611. The summed E-state index contributed by atoms with van der Waals surface area (Å²) >= 11 is 0. The van der Waals surface area contributed by atoms with Crippen LogP contribution in [0.2, 0.25) is 0 Å². The van der Waals surface area contributed by atoms with Crippen molar-refractivity contribution >= 4 is 0 Å². The molecule has 0 N–H and O–H groups in total. The van der Waals surface area contributed by atoms with Crippen LogP contribution in [0.15, 0.2) is 42.5 Å². The summed E-state index contributed by atoms with van der Waals surface area (Å²) in [7, 11) is 1.64. The van der Waals surface area contributed by atoms with Crippen LogP contribution in [-0.2, 0) is 0 Å². The third-order valence-corrected chi connectivity index (χ3v) is 2.30. The van der Waals surface area contributed by atoms with Gasteiger partial charge in [0.1, 0.15) is 0 Å². The van der Waals surface area contributed by atoms with Gasteiger partial charge in [-0.15, -0.1) is 6.42 Å². The fourth-order valence-corrected chi connectivity index (χ4v) is 1.42. The van der Waals surface area contributed by atoms with Crippen LogP contribution in [0.5, 0.6) is 11.5 Å². The van der Waals surface area contributed by atoms with E-state index >= 15 is 0 Å². The van der Waals surface area contributed by atoms with Crippen molar-refractivity contribution in [3.05, 3.63) is 48.1 Å². The number of terminal acetylenes is 1. The van der Waals surface area contributed by atoms with E-state index in [0.717, 1.165) is 23.5 Å². The molecule has 0 fully saturated rings. The summed E-state index contributed by atoms with van der Waals surface area (Å²) in [6, 6.07) is 5.89. The zero-order chi connectivity index (χ0) is 13.2. The minimum atomic E-state index is 0.611. The van der Waals surface area contributed by atoms with Gasteiger partial charge in [-0.3, -0.25) is 0 Å². The highest BCUT2D eigenvalue weighted by Gasteiger charge is 2.02. The van der Waals surface area contributed by atoms with Gasteiger partial charge in [0.2, 0.25) is 0 Å². The summed E-state index contributed by atoms with van der Waals surface area (Å²) in [6.07, 6.45) is 13.3. The second-order valence-electron chi connectivity index (χ2n) is 3.75. The molecular weight excluding hydrogens is 224 g/mol. The summed E-state index contributed by atoms with van der Waals surface area (Å²) in [5.41, 5.74) is 1.15. The van der Waals surface area contributed by atoms with Crippen LogP contribution in [0.1, 0.15) is 12.0 Å². The first-order valence-corrected chi connectivity index (χ1v) is 5.83. The predicted molar refractivity (Wildman–Crippen MR) is 75.0 cm³/mol. The monoisotopic (exact) mass is 242 g/mol. The highest BCUT2D eigenvalue weighted by atomic mass is 16.5. The van der Waals surface area contributed by atoms with Gasteiger partial charge in [-0.1, -0.05) is 30.2 Å². The van der Waals surface area contributed by atoms with Gasteiger partial charge in [0, 0.05) is 0 Å². The largest absolute Gasteiger partial charge is 0.493 e. The van der Waals surface area contributed by atoms with E-state index < -0.39 is 0 Å². The van der Waals surface area contributed by atoms with Gasteiger partial charge in [-0.25, -0.2) is 0 Å². The number of hydrogen-bond acceptors (Lipinski definition) is 2. The molecular formula is C16H18O2. The lowest BCUT2D eigenvalue weighted by Gasteiger charge is -2.10. The van der Waals surface area contributed by atoms with Gasteiger partial charge in [-0.05, 0) is 37.1 Å². The van der Waals surface area contributed by atoms with Crippen molar-refractivity contribution in [1.82, 2.24) is 0 Å². The molecule has 0 radical (unpaired) electrons. The van der Waals surface area contributed by atoms with Crippen molar-refractivity contribution in [3.63, 3.8) is 0 Å². The molecule has 0 aliphatic carbocycles. The smallest absolute Gasteiger partial charge is 0.161 e. The molecule has 2 nitrogen and oxygen atoms in total. The van der Waals surface area contributed by atoms with Crippen molar-refractivity contribution in [3.8, 4) is 23.8 Å². The highest BCUT2D eigenvalue weighted by Crippen LogP contribution is 2.27. The average Bonchev–Trinajstić information content (AvgIpc) is 2.39. The number of rotatable bonds is 6. The molecule has 0 unspecified atom stereocenters. The average molecular weight is 242 g/mol. The zero-order valence-corrected chi connectivity index (χ0v) is 10.8. The Hall–Kier alpha value is -2.14. The molecule has 0 amide bonds. The molecule has 0 atom stereocenters. The van der Waals surface area contributed by atoms with Crippen molar-refractivity contribution in [2.24, 2.45) is 0 Å². The van der Waals surface area contributed by atoms with Crippen molar-refractivity contribution in [2.45, 2.75) is 13.3 Å². The Morgan fingerprint density at radius 3 is 2.83 bits per heavy atom. The Balaban J connectivity index is 2.42. The maximum absolute atomic E-state index is 5.65. The van der Waals surface area contributed by atoms with Gasteiger partial charge in [-0.2, -0.15) is 0 Å². The summed E-state index contributed by atoms with van der Waals surface area (Å²) in [6.45, 7) is 2.63. The molecule has 2 heteroatoms. The normalized spacial score (nSPS) is 10.7. The standard InChI is InChI=1S/C16H18O2/c1-4-5-6-7-8-9-12-18-15-11-10-14(2)13-16(15)17-3/h1,5-8,10-11,13H,9,12H2,2-3H3/b6-5-,8-7-. The van der Waals surface area contributed by atoms with Crippen LogP contribution < -0.4 is 9.47 Å². The maximum Gasteiger partial charge on any atom is 0.161 e. The van der Waals surface area contributed by atoms with Gasteiger partial charge < -0.3 is 9.47 Å². The third kappa shape index (κ3) is 4.80. The first-order chi connectivity index (χ1) is 8.77. The number of allylic oxidation sites excluding steroid dienone is 3. The van der Waals surface area contributed by atoms with Crippen LogP contribution in [0.25, 0.3) is 0 Å². The molecule has 0 bridgehead atoms. The highest BCUT2D eigenvalue weighted by molar-refractivity contribution is 5.42. The van der Waals surface area contributed by atoms with E-state index in [4.69, 9.17) is 15.9 Å². The maximum atomic E-state index is 5.65. The Morgan fingerprint density at radius 2 is 2.11 bits per heavy atom. The van der Waals surface area contributed by atoms with E-state index in [1.54, 1.807) is 13.2 Å². The summed E-state index contributed by atoms with van der Waals surface area (Å²) < 4.78 is 10.9. The quantitative estimate of drug-likeness (QED) is 0.432. The number of methoxy groups -OCH3 is 1. The van der Waals surface area contributed by atoms with E-state index in [-0.39, 0.29) is 0 Å². The van der Waals surface area contributed by atoms with Gasteiger partial charge in [0.15, 0.2) is 11.5 Å². The second-order valence-corrected chi connectivity index (χ2v) is 3.75. The van der Waals surface area contributed by atoms with Crippen LogP contribution >= 0.6 is 0 Å². The number of ether oxygens (including phenoxy) is 2. The summed E-state index contributed by atoms with van der Waals surface area (Å²) in [5.74, 6) is 3.97. The SMILES string of the molecule is C#C/C=C\C=C/CCOc1ccc(C)cc1OC. The Labute approximate surface area is 109 Å². The molecule has 0 saturated carbocycles. The third-order valence-electron chi connectivity index (χ3n) is 2.30. The fourth-order valence-electron chi connectivity index (χ4n) is 1.42.